The average Bonchev–Trinajstić information content (AvgIpc) is 2.01. The van der Waals surface area contributed by atoms with Crippen molar-refractivity contribution in [3.63, 3.8) is 0 Å². The zero-order valence-electron chi connectivity index (χ0n) is 7.30. The summed E-state index contributed by atoms with van der Waals surface area (Å²) in [5.74, 6) is 0. The zero-order valence-corrected chi connectivity index (χ0v) is 7.30. The Morgan fingerprint density at radius 2 is 2.07 bits per heavy atom. The van der Waals surface area contributed by atoms with Crippen LogP contribution in [0.15, 0.2) is 18.5 Å². The van der Waals surface area contributed by atoms with Crippen LogP contribution in [-0.2, 0) is 0 Å². The Balaban J connectivity index is 2.39. The molecule has 0 unspecified atom stereocenters. The van der Waals surface area contributed by atoms with Crippen molar-refractivity contribution >= 4 is 11.4 Å². The van der Waals surface area contributed by atoms with Gasteiger partial charge < -0.3 is 11.1 Å². The van der Waals surface area contributed by atoms with E-state index < -0.39 is 12.6 Å². The van der Waals surface area contributed by atoms with Crippen molar-refractivity contribution in [3.8, 4) is 0 Å². The molecule has 0 fully saturated rings. The first-order valence-electron chi connectivity index (χ1n) is 3.98. The fraction of sp³-hybridized carbons (Fsp3) is 0.375. The van der Waals surface area contributed by atoms with Gasteiger partial charge in [-0.05, 0) is 6.07 Å². The van der Waals surface area contributed by atoms with E-state index in [0.29, 0.717) is 11.4 Å². The van der Waals surface area contributed by atoms with Crippen molar-refractivity contribution in [2.75, 3.05) is 17.6 Å². The first-order valence-corrected chi connectivity index (χ1v) is 3.98. The van der Waals surface area contributed by atoms with Crippen LogP contribution in [0.4, 0.5) is 24.5 Å². The molecule has 0 aliphatic rings. The molecule has 0 amide bonds. The summed E-state index contributed by atoms with van der Waals surface area (Å²) in [6, 6.07) is 1.53. The summed E-state index contributed by atoms with van der Waals surface area (Å²) < 4.78 is 35.3. The van der Waals surface area contributed by atoms with E-state index in [4.69, 9.17) is 5.73 Å². The van der Waals surface area contributed by atoms with Gasteiger partial charge in [0, 0.05) is 12.7 Å². The molecule has 0 aliphatic carbocycles. The molecular weight excluding hydrogens is 195 g/mol. The summed E-state index contributed by atoms with van der Waals surface area (Å²) in [7, 11) is 0. The highest BCUT2D eigenvalue weighted by molar-refractivity contribution is 5.51. The van der Waals surface area contributed by atoms with Crippen LogP contribution in [0.1, 0.15) is 6.42 Å². The Bertz CT molecular complexity index is 298. The van der Waals surface area contributed by atoms with Gasteiger partial charge in [0.1, 0.15) is 0 Å². The third-order valence-corrected chi connectivity index (χ3v) is 1.50. The molecule has 6 heteroatoms. The van der Waals surface area contributed by atoms with Crippen molar-refractivity contribution in [2.24, 2.45) is 0 Å². The fourth-order valence-corrected chi connectivity index (χ4v) is 0.903. The third-order valence-electron chi connectivity index (χ3n) is 1.50. The highest BCUT2D eigenvalue weighted by Crippen LogP contribution is 2.19. The lowest BCUT2D eigenvalue weighted by molar-refractivity contribution is -0.131. The van der Waals surface area contributed by atoms with Gasteiger partial charge in [0.2, 0.25) is 0 Å². The van der Waals surface area contributed by atoms with Gasteiger partial charge in [0.25, 0.3) is 0 Å². The monoisotopic (exact) mass is 205 g/mol. The number of aromatic nitrogens is 1. The Morgan fingerprint density at radius 1 is 1.36 bits per heavy atom. The standard InChI is InChI=1S/C8H10F3N3/c9-8(10,11)1-2-14-7-3-6(12)4-13-5-7/h3-5,14H,1-2,12H2. The van der Waals surface area contributed by atoms with E-state index in [1.165, 1.54) is 18.5 Å². The second-order valence-electron chi connectivity index (χ2n) is 2.80. The van der Waals surface area contributed by atoms with Gasteiger partial charge in [-0.1, -0.05) is 0 Å². The van der Waals surface area contributed by atoms with E-state index in [0.717, 1.165) is 0 Å². The maximum atomic E-state index is 11.8. The van der Waals surface area contributed by atoms with Gasteiger partial charge >= 0.3 is 6.18 Å². The van der Waals surface area contributed by atoms with Crippen molar-refractivity contribution in [1.29, 1.82) is 0 Å². The quantitative estimate of drug-likeness (QED) is 0.793. The molecule has 1 heterocycles. The molecule has 0 aromatic carbocycles. The number of nitrogens with two attached hydrogens (primary N) is 1. The molecule has 3 N–H and O–H groups in total. The molecular formula is C8H10F3N3. The fourth-order valence-electron chi connectivity index (χ4n) is 0.903. The maximum Gasteiger partial charge on any atom is 0.390 e. The Morgan fingerprint density at radius 3 is 2.64 bits per heavy atom. The molecule has 14 heavy (non-hydrogen) atoms. The first-order chi connectivity index (χ1) is 6.47. The van der Waals surface area contributed by atoms with Crippen LogP contribution in [0.5, 0.6) is 0 Å². The summed E-state index contributed by atoms with van der Waals surface area (Å²) in [4.78, 5) is 3.73. The lowest BCUT2D eigenvalue weighted by Gasteiger charge is -2.08. The molecule has 0 radical (unpaired) electrons. The second-order valence-corrected chi connectivity index (χ2v) is 2.80. The van der Waals surface area contributed by atoms with Crippen LogP contribution < -0.4 is 11.1 Å². The van der Waals surface area contributed by atoms with Crippen LogP contribution in [-0.4, -0.2) is 17.7 Å². The number of anilines is 2. The Labute approximate surface area is 79.1 Å². The van der Waals surface area contributed by atoms with Crippen LogP contribution in [0, 0.1) is 0 Å². The van der Waals surface area contributed by atoms with Crippen molar-refractivity contribution in [1.82, 2.24) is 4.98 Å². The summed E-state index contributed by atoms with van der Waals surface area (Å²) in [6.45, 7) is -0.172. The van der Waals surface area contributed by atoms with Crippen molar-refractivity contribution < 1.29 is 13.2 Å². The van der Waals surface area contributed by atoms with E-state index in [2.05, 4.69) is 10.3 Å². The Kier molecular flexibility index (Phi) is 3.16. The predicted molar refractivity (Wildman–Crippen MR) is 47.8 cm³/mol. The summed E-state index contributed by atoms with van der Waals surface area (Å²) in [5, 5.41) is 2.58. The lowest BCUT2D eigenvalue weighted by atomic mass is 10.3. The van der Waals surface area contributed by atoms with Crippen molar-refractivity contribution in [2.45, 2.75) is 12.6 Å². The molecule has 1 aromatic rings. The number of hydrogen-bond donors (Lipinski definition) is 2. The number of alkyl halides is 3. The molecule has 0 spiro atoms. The van der Waals surface area contributed by atoms with Gasteiger partial charge in [-0.3, -0.25) is 4.98 Å². The molecule has 0 atom stereocenters. The number of hydrogen-bond acceptors (Lipinski definition) is 3. The van der Waals surface area contributed by atoms with Crippen LogP contribution in [0.2, 0.25) is 0 Å². The molecule has 1 aromatic heterocycles. The molecule has 78 valence electrons. The number of nitrogen functional groups attached to an aromatic ring is 1. The highest BCUT2D eigenvalue weighted by atomic mass is 19.4. The van der Waals surface area contributed by atoms with Gasteiger partial charge in [-0.2, -0.15) is 13.2 Å². The second kappa shape index (κ2) is 4.17. The molecule has 0 bridgehead atoms. The largest absolute Gasteiger partial charge is 0.397 e. The van der Waals surface area contributed by atoms with Crippen LogP contribution in [0.3, 0.4) is 0 Å². The van der Waals surface area contributed by atoms with Crippen LogP contribution >= 0.6 is 0 Å². The van der Waals surface area contributed by atoms with Crippen LogP contribution in [0.25, 0.3) is 0 Å². The number of pyridine rings is 1. The van der Waals surface area contributed by atoms with E-state index in [9.17, 15) is 13.2 Å². The molecule has 0 saturated heterocycles. The number of halogens is 3. The minimum atomic E-state index is -4.14. The van der Waals surface area contributed by atoms with E-state index in [1.54, 1.807) is 0 Å². The maximum absolute atomic E-state index is 11.8. The first kappa shape index (κ1) is 10.6. The normalized spacial score (nSPS) is 11.4. The van der Waals surface area contributed by atoms with Crippen molar-refractivity contribution in [3.05, 3.63) is 18.5 Å². The van der Waals surface area contributed by atoms with E-state index in [-0.39, 0.29) is 6.54 Å². The van der Waals surface area contributed by atoms with Gasteiger partial charge in [-0.15, -0.1) is 0 Å². The zero-order chi connectivity index (χ0) is 10.6. The summed E-state index contributed by atoms with van der Waals surface area (Å²) in [5.41, 5.74) is 6.30. The molecule has 3 nitrogen and oxygen atoms in total. The number of nitrogens with zero attached hydrogens (tertiary/aromatic N) is 1. The average molecular weight is 205 g/mol. The molecule has 0 aliphatic heterocycles. The van der Waals surface area contributed by atoms with E-state index in [1.807, 2.05) is 0 Å². The lowest BCUT2D eigenvalue weighted by Crippen LogP contribution is -2.14. The topological polar surface area (TPSA) is 50.9 Å². The van der Waals surface area contributed by atoms with Gasteiger partial charge in [-0.25, -0.2) is 0 Å². The third kappa shape index (κ3) is 3.97. The highest BCUT2D eigenvalue weighted by Gasteiger charge is 2.25. The summed E-state index contributed by atoms with van der Waals surface area (Å²) in [6.07, 6.45) is -2.16. The minimum Gasteiger partial charge on any atom is -0.397 e. The number of rotatable bonds is 3. The van der Waals surface area contributed by atoms with Gasteiger partial charge in [0.05, 0.1) is 24.0 Å². The minimum absolute atomic E-state index is 0.172. The molecule has 0 saturated carbocycles. The summed E-state index contributed by atoms with van der Waals surface area (Å²) >= 11 is 0. The smallest absolute Gasteiger partial charge is 0.390 e. The van der Waals surface area contributed by atoms with E-state index >= 15 is 0 Å². The predicted octanol–water partition coefficient (Wildman–Crippen LogP) is 2.03. The molecule has 1 rings (SSSR count). The van der Waals surface area contributed by atoms with Gasteiger partial charge in [0.15, 0.2) is 0 Å². The SMILES string of the molecule is Nc1cncc(NCCC(F)(F)F)c1. The Hall–Kier alpha value is -1.46. The number of nitrogens with one attached hydrogen (secondary N) is 1.